The highest BCUT2D eigenvalue weighted by Gasteiger charge is 2.21. The maximum atomic E-state index is 6.63. The Labute approximate surface area is 259 Å². The van der Waals surface area contributed by atoms with Crippen LogP contribution in [0.2, 0.25) is 0 Å². The molecule has 0 aliphatic heterocycles. The molecule has 210 valence electrons. The molecule has 2 aromatic heterocycles. The summed E-state index contributed by atoms with van der Waals surface area (Å²) in [4.78, 5) is 15.3. The summed E-state index contributed by atoms with van der Waals surface area (Å²) in [5.74, 6) is 1.86. The zero-order chi connectivity index (χ0) is 29.7. The zero-order valence-corrected chi connectivity index (χ0v) is 24.2. The molecular formula is C41H25N3O. The molecule has 7 aromatic carbocycles. The van der Waals surface area contributed by atoms with Crippen molar-refractivity contribution in [3.05, 3.63) is 152 Å². The number of para-hydroxylation sites is 1. The smallest absolute Gasteiger partial charge is 0.164 e. The van der Waals surface area contributed by atoms with Gasteiger partial charge in [-0.05, 0) is 45.5 Å². The first kappa shape index (κ1) is 25.4. The molecule has 0 amide bonds. The summed E-state index contributed by atoms with van der Waals surface area (Å²) in [6.07, 6.45) is 0. The molecule has 0 fully saturated rings. The van der Waals surface area contributed by atoms with Crippen molar-refractivity contribution in [2.45, 2.75) is 0 Å². The van der Waals surface area contributed by atoms with E-state index in [1.54, 1.807) is 0 Å². The Morgan fingerprint density at radius 3 is 1.84 bits per heavy atom. The molecule has 0 N–H and O–H groups in total. The SMILES string of the molecule is c1ccc(-c2nc(-c3ccc4ccccc4c3)nc(-c3cc4c(-c5ccccc5)cccc4c4oc5ccccc5c34)n2)cc1. The van der Waals surface area contributed by atoms with Gasteiger partial charge in [0.2, 0.25) is 0 Å². The van der Waals surface area contributed by atoms with E-state index in [0.717, 1.165) is 65.9 Å². The van der Waals surface area contributed by atoms with Crippen LogP contribution < -0.4 is 0 Å². The molecule has 0 aliphatic carbocycles. The Kier molecular flexibility index (Phi) is 5.78. The number of benzene rings is 7. The largest absolute Gasteiger partial charge is 0.455 e. The van der Waals surface area contributed by atoms with E-state index in [9.17, 15) is 0 Å². The van der Waals surface area contributed by atoms with Crippen molar-refractivity contribution < 1.29 is 4.42 Å². The summed E-state index contributed by atoms with van der Waals surface area (Å²) in [5.41, 5.74) is 6.71. The maximum Gasteiger partial charge on any atom is 0.164 e. The average Bonchev–Trinajstić information content (AvgIpc) is 3.51. The highest BCUT2D eigenvalue weighted by Crippen LogP contribution is 2.43. The Balaban J connectivity index is 1.39. The topological polar surface area (TPSA) is 51.8 Å². The molecule has 9 aromatic rings. The molecule has 0 bridgehead atoms. The third kappa shape index (κ3) is 4.27. The zero-order valence-electron chi connectivity index (χ0n) is 24.2. The first-order valence-electron chi connectivity index (χ1n) is 15.0. The van der Waals surface area contributed by atoms with Gasteiger partial charge in [-0.3, -0.25) is 0 Å². The van der Waals surface area contributed by atoms with Crippen LogP contribution >= 0.6 is 0 Å². The van der Waals surface area contributed by atoms with Crippen molar-refractivity contribution in [1.29, 1.82) is 0 Å². The summed E-state index contributed by atoms with van der Waals surface area (Å²) >= 11 is 0. The lowest BCUT2D eigenvalue weighted by molar-refractivity contribution is 0.672. The number of fused-ring (bicyclic) bond motifs is 6. The van der Waals surface area contributed by atoms with Crippen molar-refractivity contribution in [2.24, 2.45) is 0 Å². The minimum absolute atomic E-state index is 0.605. The molecule has 9 rings (SSSR count). The molecule has 0 unspecified atom stereocenters. The summed E-state index contributed by atoms with van der Waals surface area (Å²) in [6.45, 7) is 0. The van der Waals surface area contributed by atoms with E-state index in [4.69, 9.17) is 19.4 Å². The van der Waals surface area contributed by atoms with E-state index >= 15 is 0 Å². The molecule has 2 heterocycles. The van der Waals surface area contributed by atoms with Crippen LogP contribution in [0.4, 0.5) is 0 Å². The lowest BCUT2D eigenvalue weighted by Gasteiger charge is -2.13. The van der Waals surface area contributed by atoms with E-state index in [0.29, 0.717) is 17.5 Å². The number of rotatable bonds is 4. The first-order chi connectivity index (χ1) is 22.3. The maximum absolute atomic E-state index is 6.63. The number of furan rings is 1. The lowest BCUT2D eigenvalue weighted by atomic mass is 9.93. The van der Waals surface area contributed by atoms with Crippen molar-refractivity contribution in [1.82, 2.24) is 15.0 Å². The van der Waals surface area contributed by atoms with Gasteiger partial charge in [0.05, 0.1) is 0 Å². The van der Waals surface area contributed by atoms with E-state index in [2.05, 4.69) is 103 Å². The van der Waals surface area contributed by atoms with Crippen molar-refractivity contribution in [2.75, 3.05) is 0 Å². The first-order valence-corrected chi connectivity index (χ1v) is 15.0. The minimum atomic E-state index is 0.605. The molecule has 0 aliphatic rings. The minimum Gasteiger partial charge on any atom is -0.455 e. The quantitative estimate of drug-likeness (QED) is 0.209. The molecule has 4 heteroatoms. The third-order valence-corrected chi connectivity index (χ3v) is 8.51. The number of aromatic nitrogens is 3. The lowest BCUT2D eigenvalue weighted by Crippen LogP contribution is -2.00. The average molecular weight is 576 g/mol. The molecule has 0 spiro atoms. The molecule has 4 nitrogen and oxygen atoms in total. The molecule has 0 saturated carbocycles. The Hall–Kier alpha value is -6.13. The van der Waals surface area contributed by atoms with E-state index in [1.807, 2.05) is 48.5 Å². The summed E-state index contributed by atoms with van der Waals surface area (Å²) in [6, 6.07) is 52.1. The van der Waals surface area contributed by atoms with Gasteiger partial charge in [0.1, 0.15) is 11.2 Å². The fourth-order valence-corrected chi connectivity index (χ4v) is 6.35. The van der Waals surface area contributed by atoms with Crippen LogP contribution in [0.25, 0.3) is 88.8 Å². The fraction of sp³-hybridized carbons (Fsp3) is 0. The van der Waals surface area contributed by atoms with Crippen LogP contribution in [0.1, 0.15) is 0 Å². The number of hydrogen-bond acceptors (Lipinski definition) is 4. The van der Waals surface area contributed by atoms with Crippen molar-refractivity contribution in [3.63, 3.8) is 0 Å². The normalized spacial score (nSPS) is 11.6. The van der Waals surface area contributed by atoms with Gasteiger partial charge >= 0.3 is 0 Å². The van der Waals surface area contributed by atoms with E-state index < -0.39 is 0 Å². The highest BCUT2D eigenvalue weighted by atomic mass is 16.3. The van der Waals surface area contributed by atoms with Crippen LogP contribution in [0.3, 0.4) is 0 Å². The summed E-state index contributed by atoms with van der Waals surface area (Å²) in [7, 11) is 0. The second-order valence-electron chi connectivity index (χ2n) is 11.2. The van der Waals surface area contributed by atoms with Gasteiger partial charge in [-0.1, -0.05) is 133 Å². The van der Waals surface area contributed by atoms with Crippen molar-refractivity contribution >= 4 is 43.5 Å². The van der Waals surface area contributed by atoms with Gasteiger partial charge < -0.3 is 4.42 Å². The van der Waals surface area contributed by atoms with Crippen molar-refractivity contribution in [3.8, 4) is 45.3 Å². The summed E-state index contributed by atoms with van der Waals surface area (Å²) in [5, 5.41) is 6.48. The number of nitrogens with zero attached hydrogens (tertiary/aromatic N) is 3. The fourth-order valence-electron chi connectivity index (χ4n) is 6.35. The van der Waals surface area contributed by atoms with Gasteiger partial charge in [-0.2, -0.15) is 0 Å². The van der Waals surface area contributed by atoms with Crippen LogP contribution in [0, 0.1) is 0 Å². The predicted molar refractivity (Wildman–Crippen MR) is 184 cm³/mol. The van der Waals surface area contributed by atoms with Crippen LogP contribution in [-0.4, -0.2) is 15.0 Å². The van der Waals surface area contributed by atoms with Gasteiger partial charge in [-0.25, -0.2) is 15.0 Å². The second-order valence-corrected chi connectivity index (χ2v) is 11.2. The molecule has 0 saturated heterocycles. The van der Waals surface area contributed by atoms with Crippen LogP contribution in [-0.2, 0) is 0 Å². The molecule has 0 atom stereocenters. The Morgan fingerprint density at radius 2 is 1.02 bits per heavy atom. The van der Waals surface area contributed by atoms with Gasteiger partial charge in [0.25, 0.3) is 0 Å². The molecule has 45 heavy (non-hydrogen) atoms. The Morgan fingerprint density at radius 1 is 0.378 bits per heavy atom. The van der Waals surface area contributed by atoms with Gasteiger partial charge in [0.15, 0.2) is 17.5 Å². The second kappa shape index (κ2) is 10.2. The van der Waals surface area contributed by atoms with Gasteiger partial charge in [0, 0.05) is 32.8 Å². The molecular weight excluding hydrogens is 550 g/mol. The Bertz CT molecular complexity index is 2540. The summed E-state index contributed by atoms with van der Waals surface area (Å²) < 4.78 is 6.63. The third-order valence-electron chi connectivity index (χ3n) is 8.51. The molecule has 0 radical (unpaired) electrons. The van der Waals surface area contributed by atoms with E-state index in [-0.39, 0.29) is 0 Å². The monoisotopic (exact) mass is 575 g/mol. The number of hydrogen-bond donors (Lipinski definition) is 0. The van der Waals surface area contributed by atoms with Gasteiger partial charge in [-0.15, -0.1) is 0 Å². The standard InChI is InChI=1S/C41H25N3O/c1-3-13-27(14-4-1)31-19-11-20-32-34(31)25-35(37-33-18-9-10-21-36(33)45-38(32)37)41-43-39(28-15-5-2-6-16-28)42-40(44-41)30-23-22-26-12-7-8-17-29(26)24-30/h1-25H. The highest BCUT2D eigenvalue weighted by molar-refractivity contribution is 6.22. The van der Waals surface area contributed by atoms with Crippen LogP contribution in [0.5, 0.6) is 0 Å². The van der Waals surface area contributed by atoms with Crippen LogP contribution in [0.15, 0.2) is 156 Å². The van der Waals surface area contributed by atoms with E-state index in [1.165, 1.54) is 5.39 Å². The predicted octanol–water partition coefficient (Wildman–Crippen LogP) is 10.7.